The molecular weight excluding hydrogens is 390 g/mol. The van der Waals surface area contributed by atoms with Gasteiger partial charge in [0.25, 0.3) is 0 Å². The Hall–Kier alpha value is -2.70. The Morgan fingerprint density at radius 2 is 1.87 bits per heavy atom. The van der Waals surface area contributed by atoms with Crippen LogP contribution in [0.1, 0.15) is 69.2 Å². The third-order valence-corrected chi connectivity index (χ3v) is 6.87. The maximum absolute atomic E-state index is 12.2. The Labute approximate surface area is 182 Å². The molecule has 2 fully saturated rings. The SMILES string of the molecule is CCOC(=O)C1CCN(c2nc3ccc(C)cc3c3nnc(C4CCCCC4)n23)CC1. The quantitative estimate of drug-likeness (QED) is 0.581. The zero-order valence-corrected chi connectivity index (χ0v) is 18.5. The fourth-order valence-electron chi connectivity index (χ4n) is 5.16. The largest absolute Gasteiger partial charge is 0.466 e. The molecule has 7 nitrogen and oxygen atoms in total. The normalized spacial score (nSPS) is 18.7. The number of fused-ring (bicyclic) bond motifs is 3. The van der Waals surface area contributed by atoms with Crippen molar-refractivity contribution < 1.29 is 9.53 Å². The number of hydrogen-bond acceptors (Lipinski definition) is 6. The Bertz CT molecular complexity index is 1090. The highest BCUT2D eigenvalue weighted by atomic mass is 16.5. The van der Waals surface area contributed by atoms with Gasteiger partial charge in [-0.2, -0.15) is 0 Å². The number of aromatic nitrogens is 4. The van der Waals surface area contributed by atoms with Crippen LogP contribution in [0.2, 0.25) is 0 Å². The molecule has 2 aromatic heterocycles. The molecule has 3 aromatic rings. The highest BCUT2D eigenvalue weighted by Crippen LogP contribution is 2.35. The molecule has 7 heteroatoms. The van der Waals surface area contributed by atoms with E-state index in [4.69, 9.17) is 14.8 Å². The minimum Gasteiger partial charge on any atom is -0.466 e. The lowest BCUT2D eigenvalue weighted by atomic mass is 9.89. The molecule has 1 saturated carbocycles. The van der Waals surface area contributed by atoms with Crippen molar-refractivity contribution in [3.05, 3.63) is 29.6 Å². The molecule has 3 heterocycles. The Balaban J connectivity index is 1.56. The van der Waals surface area contributed by atoms with Crippen molar-refractivity contribution in [1.82, 2.24) is 19.6 Å². The van der Waals surface area contributed by atoms with Gasteiger partial charge in [0, 0.05) is 24.4 Å². The summed E-state index contributed by atoms with van der Waals surface area (Å²) in [4.78, 5) is 19.6. The van der Waals surface area contributed by atoms with Crippen LogP contribution in [0, 0.1) is 12.8 Å². The maximum Gasteiger partial charge on any atom is 0.309 e. The van der Waals surface area contributed by atoms with E-state index in [-0.39, 0.29) is 11.9 Å². The van der Waals surface area contributed by atoms with Crippen LogP contribution in [0.3, 0.4) is 0 Å². The second kappa shape index (κ2) is 8.44. The Kier molecular flexibility index (Phi) is 5.50. The number of aryl methyl sites for hydroxylation is 1. The maximum atomic E-state index is 12.2. The number of ether oxygens (including phenoxy) is 1. The minimum atomic E-state index is -0.0681. The molecule has 1 aliphatic heterocycles. The van der Waals surface area contributed by atoms with Gasteiger partial charge < -0.3 is 9.64 Å². The second-order valence-electron chi connectivity index (χ2n) is 9.00. The molecule has 0 amide bonds. The summed E-state index contributed by atoms with van der Waals surface area (Å²) < 4.78 is 7.46. The van der Waals surface area contributed by atoms with Crippen molar-refractivity contribution in [2.45, 2.75) is 64.7 Å². The number of nitrogens with zero attached hydrogens (tertiary/aromatic N) is 5. The summed E-state index contributed by atoms with van der Waals surface area (Å²) in [7, 11) is 0. The summed E-state index contributed by atoms with van der Waals surface area (Å²) in [6.07, 6.45) is 7.71. The van der Waals surface area contributed by atoms with Crippen LogP contribution in [0.25, 0.3) is 16.6 Å². The monoisotopic (exact) mass is 421 g/mol. The molecule has 0 bridgehead atoms. The highest BCUT2D eigenvalue weighted by Gasteiger charge is 2.30. The summed E-state index contributed by atoms with van der Waals surface area (Å²) in [5.74, 6) is 2.31. The van der Waals surface area contributed by atoms with Gasteiger partial charge in [-0.1, -0.05) is 30.9 Å². The average molecular weight is 422 g/mol. The third-order valence-electron chi connectivity index (χ3n) is 6.87. The summed E-state index contributed by atoms with van der Waals surface area (Å²) in [5.41, 5.74) is 3.04. The van der Waals surface area contributed by atoms with E-state index >= 15 is 0 Å². The number of piperidine rings is 1. The predicted octanol–water partition coefficient (Wildman–Crippen LogP) is 4.41. The van der Waals surface area contributed by atoms with Gasteiger partial charge in [0.15, 0.2) is 5.65 Å². The zero-order valence-electron chi connectivity index (χ0n) is 18.5. The van der Waals surface area contributed by atoms with Gasteiger partial charge in [0.1, 0.15) is 5.82 Å². The summed E-state index contributed by atoms with van der Waals surface area (Å²) in [6, 6.07) is 6.34. The molecular formula is C24H31N5O2. The Morgan fingerprint density at radius 1 is 1.10 bits per heavy atom. The van der Waals surface area contributed by atoms with Gasteiger partial charge in [-0.25, -0.2) is 9.38 Å². The lowest BCUT2D eigenvalue weighted by molar-refractivity contribution is -0.148. The van der Waals surface area contributed by atoms with Crippen LogP contribution in [0.4, 0.5) is 5.95 Å². The molecule has 1 aromatic carbocycles. The number of anilines is 1. The first kappa shape index (κ1) is 20.2. The lowest BCUT2D eigenvalue weighted by Crippen LogP contribution is -2.38. The van der Waals surface area contributed by atoms with E-state index in [1.54, 1.807) is 0 Å². The lowest BCUT2D eigenvalue weighted by Gasteiger charge is -2.32. The third kappa shape index (κ3) is 3.75. The van der Waals surface area contributed by atoms with Crippen molar-refractivity contribution >= 4 is 28.5 Å². The highest BCUT2D eigenvalue weighted by molar-refractivity contribution is 5.93. The molecule has 1 saturated heterocycles. The second-order valence-corrected chi connectivity index (χ2v) is 9.00. The van der Waals surface area contributed by atoms with Gasteiger partial charge in [-0.3, -0.25) is 4.79 Å². The Morgan fingerprint density at radius 3 is 2.61 bits per heavy atom. The number of benzene rings is 1. The van der Waals surface area contributed by atoms with Crippen molar-refractivity contribution in [2.24, 2.45) is 5.92 Å². The van der Waals surface area contributed by atoms with E-state index in [2.05, 4.69) is 39.5 Å². The van der Waals surface area contributed by atoms with Gasteiger partial charge in [-0.05, 0) is 51.7 Å². The van der Waals surface area contributed by atoms with Crippen molar-refractivity contribution in [1.29, 1.82) is 0 Å². The minimum absolute atomic E-state index is 0.0199. The molecule has 164 valence electrons. The van der Waals surface area contributed by atoms with E-state index in [9.17, 15) is 4.79 Å². The average Bonchev–Trinajstić information content (AvgIpc) is 3.25. The molecule has 0 atom stereocenters. The van der Waals surface area contributed by atoms with E-state index in [0.717, 1.165) is 67.1 Å². The predicted molar refractivity (Wildman–Crippen MR) is 120 cm³/mol. The molecule has 31 heavy (non-hydrogen) atoms. The van der Waals surface area contributed by atoms with Crippen LogP contribution in [0.5, 0.6) is 0 Å². The number of rotatable bonds is 4. The number of esters is 1. The van der Waals surface area contributed by atoms with Gasteiger partial charge in [0.2, 0.25) is 5.95 Å². The van der Waals surface area contributed by atoms with E-state index in [1.165, 1.54) is 24.8 Å². The van der Waals surface area contributed by atoms with Gasteiger partial charge in [0.05, 0.1) is 18.0 Å². The van der Waals surface area contributed by atoms with Gasteiger partial charge in [-0.15, -0.1) is 10.2 Å². The summed E-state index contributed by atoms with van der Waals surface area (Å²) in [6.45, 7) is 5.97. The van der Waals surface area contributed by atoms with Crippen molar-refractivity contribution in [2.75, 3.05) is 24.6 Å². The first-order valence-electron chi connectivity index (χ1n) is 11.7. The van der Waals surface area contributed by atoms with E-state index in [0.29, 0.717) is 12.5 Å². The molecule has 0 spiro atoms. The molecule has 0 unspecified atom stereocenters. The molecule has 5 rings (SSSR count). The zero-order chi connectivity index (χ0) is 21.4. The topological polar surface area (TPSA) is 72.6 Å². The number of carbonyl (C=O) groups is 1. The summed E-state index contributed by atoms with van der Waals surface area (Å²) >= 11 is 0. The van der Waals surface area contributed by atoms with E-state index < -0.39 is 0 Å². The summed E-state index contributed by atoms with van der Waals surface area (Å²) in [5, 5.41) is 10.4. The fourth-order valence-corrected chi connectivity index (χ4v) is 5.16. The fraction of sp³-hybridized carbons (Fsp3) is 0.583. The molecule has 0 radical (unpaired) electrons. The van der Waals surface area contributed by atoms with Crippen LogP contribution >= 0.6 is 0 Å². The van der Waals surface area contributed by atoms with Crippen LogP contribution < -0.4 is 4.90 Å². The molecule has 1 aliphatic carbocycles. The standard InChI is InChI=1S/C24H31N5O2/c1-3-31-23(30)18-11-13-28(14-12-18)24-25-20-10-9-16(2)15-19(20)22-27-26-21(29(22)24)17-7-5-4-6-8-17/h9-10,15,17-18H,3-8,11-14H2,1-2H3. The van der Waals surface area contributed by atoms with Crippen molar-refractivity contribution in [3.63, 3.8) is 0 Å². The van der Waals surface area contributed by atoms with Crippen LogP contribution in [0.15, 0.2) is 18.2 Å². The van der Waals surface area contributed by atoms with Crippen LogP contribution in [-0.4, -0.2) is 45.2 Å². The van der Waals surface area contributed by atoms with Crippen LogP contribution in [-0.2, 0) is 9.53 Å². The smallest absolute Gasteiger partial charge is 0.309 e. The molecule has 0 N–H and O–H groups in total. The number of hydrogen-bond donors (Lipinski definition) is 0. The molecule has 2 aliphatic rings. The van der Waals surface area contributed by atoms with E-state index in [1.807, 2.05) is 6.92 Å². The van der Waals surface area contributed by atoms with Crippen molar-refractivity contribution in [3.8, 4) is 0 Å². The first-order valence-corrected chi connectivity index (χ1v) is 11.7. The first-order chi connectivity index (χ1) is 15.2. The number of carbonyl (C=O) groups excluding carboxylic acids is 1. The van der Waals surface area contributed by atoms with Gasteiger partial charge >= 0.3 is 5.97 Å².